The van der Waals surface area contributed by atoms with Gasteiger partial charge in [-0.15, -0.1) is 0 Å². The molecule has 119 heavy (non-hydrogen) atoms. The van der Waals surface area contributed by atoms with Crippen molar-refractivity contribution in [3.8, 4) is 79.0 Å². The molecule has 552 valence electrons. The van der Waals surface area contributed by atoms with Crippen LogP contribution in [0.2, 0.25) is 0 Å². The molecule has 8 heterocycles. The number of para-hydroxylation sites is 9. The Hall–Kier alpha value is -16.1. The van der Waals surface area contributed by atoms with Crippen LogP contribution < -0.4 is 0 Å². The number of aromatic nitrogens is 8. The second kappa shape index (κ2) is 25.2. The van der Waals surface area contributed by atoms with Gasteiger partial charge < -0.3 is 22.7 Å². The van der Waals surface area contributed by atoms with E-state index in [0.717, 1.165) is 172 Å². The molecule has 26 rings (SSSR count). The van der Waals surface area contributed by atoms with Gasteiger partial charge in [0.2, 0.25) is 5.95 Å². The van der Waals surface area contributed by atoms with Crippen molar-refractivity contribution in [2.45, 2.75) is 0 Å². The summed E-state index contributed by atoms with van der Waals surface area (Å²) < 4.78 is 20.7. The summed E-state index contributed by atoms with van der Waals surface area (Å²) in [6.07, 6.45) is 0. The molecule has 0 saturated carbocycles. The molecule has 0 aliphatic heterocycles. The zero-order chi connectivity index (χ0) is 77.7. The predicted octanol–water partition coefficient (Wildman–Crippen LogP) is 28.8. The van der Waals surface area contributed by atoms with Crippen LogP contribution in [0.1, 0.15) is 0 Å². The molecule has 0 unspecified atom stereocenters. The number of hydrogen-bond acceptors (Lipinski definition) is 3. The first kappa shape index (κ1) is 65.3. The van der Waals surface area contributed by atoms with E-state index in [1.54, 1.807) is 0 Å². The van der Waals surface area contributed by atoms with Crippen molar-refractivity contribution in [1.82, 2.24) is 37.4 Å². The van der Waals surface area contributed by atoms with E-state index in [4.69, 9.17) is 14.4 Å². The van der Waals surface area contributed by atoms with E-state index >= 15 is 0 Å². The van der Waals surface area contributed by atoms with Crippen LogP contribution in [0.15, 0.2) is 405 Å². The summed E-state index contributed by atoms with van der Waals surface area (Å²) in [4.78, 5) is 12.0. The van der Waals surface area contributed by atoms with E-state index in [2.05, 4.69) is 416 Å². The van der Waals surface area contributed by atoms with Crippen molar-refractivity contribution in [2.24, 2.45) is 0 Å². The lowest BCUT2D eigenvalue weighted by atomic mass is 9.98. The number of rotatable bonds is 10. The molecule has 8 aromatic heterocycles. The monoisotopic (exact) mass is 1510 g/mol. The first-order valence-electron chi connectivity index (χ1n) is 40.7. The van der Waals surface area contributed by atoms with Gasteiger partial charge in [0.05, 0.1) is 71.7 Å². The molecule has 0 bridgehead atoms. The van der Waals surface area contributed by atoms with Crippen molar-refractivity contribution < 1.29 is 4.42 Å². The number of furan rings is 1. The summed E-state index contributed by atoms with van der Waals surface area (Å²) in [5.74, 6) is 1.32. The Balaban J connectivity index is 0.692. The van der Waals surface area contributed by atoms with Gasteiger partial charge >= 0.3 is 0 Å². The van der Waals surface area contributed by atoms with Gasteiger partial charge in [0.15, 0.2) is 5.82 Å². The number of hydrogen-bond donors (Lipinski definition) is 0. The van der Waals surface area contributed by atoms with E-state index in [-0.39, 0.29) is 0 Å². The Kier molecular flexibility index (Phi) is 13.8. The fraction of sp³-hybridized carbons (Fsp3) is 0. The van der Waals surface area contributed by atoms with Crippen molar-refractivity contribution in [3.05, 3.63) is 400 Å². The molecule has 0 aliphatic rings. The molecule has 0 fully saturated rings. The quantitative estimate of drug-likeness (QED) is 0.137. The van der Waals surface area contributed by atoms with Crippen LogP contribution in [-0.4, -0.2) is 37.4 Å². The smallest absolute Gasteiger partial charge is 0.237 e. The van der Waals surface area contributed by atoms with E-state index in [0.29, 0.717) is 5.95 Å². The van der Waals surface area contributed by atoms with Crippen LogP contribution in [-0.2, 0) is 0 Å². The summed E-state index contributed by atoms with van der Waals surface area (Å²) in [5.41, 5.74) is 29.2. The Morgan fingerprint density at radius 3 is 0.807 bits per heavy atom. The summed E-state index contributed by atoms with van der Waals surface area (Å²) in [5, 5.41) is 17.1. The third-order valence-corrected chi connectivity index (χ3v) is 25.2. The van der Waals surface area contributed by atoms with E-state index in [9.17, 15) is 0 Å². The number of benzene rings is 18. The van der Waals surface area contributed by atoms with Crippen LogP contribution in [0.4, 0.5) is 0 Å². The van der Waals surface area contributed by atoms with E-state index in [1.807, 2.05) is 12.1 Å². The minimum absolute atomic E-state index is 0.557. The second-order valence-electron chi connectivity index (χ2n) is 31.6. The van der Waals surface area contributed by atoms with Crippen LogP contribution in [0.5, 0.6) is 0 Å². The lowest BCUT2D eigenvalue weighted by molar-refractivity contribution is 0.669. The average Bonchev–Trinajstić information content (AvgIpc) is 1.58. The van der Waals surface area contributed by atoms with Gasteiger partial charge in [0.1, 0.15) is 11.2 Å². The predicted molar refractivity (Wildman–Crippen MR) is 495 cm³/mol. The summed E-state index contributed by atoms with van der Waals surface area (Å²) in [6, 6.07) is 147. The van der Waals surface area contributed by atoms with Gasteiger partial charge in [-0.05, 0) is 233 Å². The maximum atomic E-state index is 6.37. The van der Waals surface area contributed by atoms with Crippen molar-refractivity contribution >= 4 is 164 Å². The van der Waals surface area contributed by atoms with Crippen molar-refractivity contribution in [2.75, 3.05) is 0 Å². The van der Waals surface area contributed by atoms with Crippen LogP contribution in [0, 0.1) is 0 Å². The molecule has 9 nitrogen and oxygen atoms in total. The second-order valence-corrected chi connectivity index (χ2v) is 31.6. The topological polar surface area (TPSA) is 68.5 Å². The maximum absolute atomic E-state index is 6.37. The molecule has 0 N–H and O–H groups in total. The first-order valence-corrected chi connectivity index (χ1v) is 40.7. The molecule has 18 aromatic carbocycles. The molecule has 0 amide bonds. The zero-order valence-corrected chi connectivity index (χ0v) is 64.1. The molecule has 0 radical (unpaired) electrons. The van der Waals surface area contributed by atoms with E-state index in [1.165, 1.54) is 65.2 Å². The lowest BCUT2D eigenvalue weighted by Gasteiger charge is -2.16. The highest BCUT2D eigenvalue weighted by molar-refractivity contribution is 6.18. The lowest BCUT2D eigenvalue weighted by Crippen LogP contribution is -2.08. The highest BCUT2D eigenvalue weighted by atomic mass is 16.3. The molecule has 0 aliphatic carbocycles. The summed E-state index contributed by atoms with van der Waals surface area (Å²) in [7, 11) is 0. The number of fused-ring (bicyclic) bond motifs is 22. The summed E-state index contributed by atoms with van der Waals surface area (Å²) in [6.45, 7) is 0. The third-order valence-electron chi connectivity index (χ3n) is 25.2. The third kappa shape index (κ3) is 9.75. The molecular formula is C110H66N8O. The molecule has 0 saturated heterocycles. The SMILES string of the molecule is c1ccc(-n2c3ccccc3c3cc(-c4ccc5c(c4)c4ccccc4n5-c4ccc5nc(-n6c7ccc(-c8ccc9c(c8)c8ccccc8n9-c8ccccc8)cc7c7cc(-c8ccc9c(c8)c8ccccc8n9-c8ccccc8)ccc76)nc(-n6c7ccccc7c7cc(-c8ccc9oc%10ccccc%10c9c8)ccc76)c5c4)ccc32)cc1. The average molecular weight is 1520 g/mol. The maximum Gasteiger partial charge on any atom is 0.237 e. The molecule has 0 spiro atoms. The minimum atomic E-state index is 0.557. The molecular weight excluding hydrogens is 1450 g/mol. The van der Waals surface area contributed by atoms with E-state index < -0.39 is 0 Å². The Labute approximate surface area is 680 Å². The summed E-state index contributed by atoms with van der Waals surface area (Å²) >= 11 is 0. The minimum Gasteiger partial charge on any atom is -0.456 e. The molecule has 9 heteroatoms. The van der Waals surface area contributed by atoms with Gasteiger partial charge in [-0.3, -0.25) is 9.13 Å². The van der Waals surface area contributed by atoms with Gasteiger partial charge in [-0.25, -0.2) is 4.98 Å². The van der Waals surface area contributed by atoms with Crippen LogP contribution in [0.3, 0.4) is 0 Å². The van der Waals surface area contributed by atoms with Gasteiger partial charge in [0.25, 0.3) is 0 Å². The molecule has 26 aromatic rings. The highest BCUT2D eigenvalue weighted by Gasteiger charge is 2.26. The van der Waals surface area contributed by atoms with Gasteiger partial charge in [-0.2, -0.15) is 4.98 Å². The zero-order valence-electron chi connectivity index (χ0n) is 64.1. The highest BCUT2D eigenvalue weighted by Crippen LogP contribution is 2.46. The Morgan fingerprint density at radius 1 is 0.160 bits per heavy atom. The van der Waals surface area contributed by atoms with Gasteiger partial charge in [-0.1, -0.05) is 212 Å². The fourth-order valence-corrected chi connectivity index (χ4v) is 19.8. The first-order chi connectivity index (χ1) is 59.0. The Bertz CT molecular complexity index is 8590. The van der Waals surface area contributed by atoms with Crippen LogP contribution >= 0.6 is 0 Å². The molecule has 0 atom stereocenters. The number of nitrogens with zero attached hydrogens (tertiary/aromatic N) is 8. The largest absolute Gasteiger partial charge is 0.456 e. The van der Waals surface area contributed by atoms with Crippen molar-refractivity contribution in [3.63, 3.8) is 0 Å². The Morgan fingerprint density at radius 2 is 0.429 bits per heavy atom. The van der Waals surface area contributed by atoms with Gasteiger partial charge in [0, 0.05) is 104 Å². The standard InChI is InChI=1S/C110H66N8O/c1-4-22-75(23-5-1)113-95-34-16-10-28-79(95)85-58-67(40-50-100(85)113)68-43-53-103-88(61-68)82-31-13-19-37-98(82)116(103)78-48-49-94-93(66-78)109(117-99-38-20-14-32-83(99)89-62-71(44-54-104(89)117)74-47-57-108-92(65-74)84-33-15-21-39-107(84)119-108)112-110(111-94)118-105-55-45-72(69-41-51-101-86(59-69)80-29-11-17-35-96(80)114(101)76-24-6-2-7-25-76)63-90(105)91-64-73(46-56-106(91)118)70-42-52-102-87(60-70)81-30-12-18-36-97(81)115(102)77-26-8-3-9-27-77/h1-66H. The van der Waals surface area contributed by atoms with Crippen LogP contribution in [0.25, 0.3) is 243 Å². The van der Waals surface area contributed by atoms with Crippen molar-refractivity contribution in [1.29, 1.82) is 0 Å². The normalized spacial score (nSPS) is 12.2. The fourth-order valence-electron chi connectivity index (χ4n) is 19.8.